The van der Waals surface area contributed by atoms with E-state index in [4.69, 9.17) is 5.73 Å². The third-order valence-corrected chi connectivity index (χ3v) is 5.76. The van der Waals surface area contributed by atoms with Gasteiger partial charge >= 0.3 is 0 Å². The van der Waals surface area contributed by atoms with E-state index < -0.39 is 10.0 Å². The molecule has 5 heteroatoms. The van der Waals surface area contributed by atoms with Crippen molar-refractivity contribution < 1.29 is 8.42 Å². The van der Waals surface area contributed by atoms with Crippen LogP contribution in [-0.2, 0) is 16.4 Å². The maximum absolute atomic E-state index is 12.3. The van der Waals surface area contributed by atoms with Gasteiger partial charge in [-0.3, -0.25) is 0 Å². The molecule has 0 saturated heterocycles. The number of aryl methyl sites for hydroxylation is 1. The summed E-state index contributed by atoms with van der Waals surface area (Å²) in [5, 5.41) is 0. The molecule has 0 fully saturated rings. The summed E-state index contributed by atoms with van der Waals surface area (Å²) in [6.07, 6.45) is 3.74. The summed E-state index contributed by atoms with van der Waals surface area (Å²) in [7, 11) is -3.46. The molecule has 1 aromatic carbocycles. The van der Waals surface area contributed by atoms with E-state index in [1.807, 2.05) is 26.0 Å². The van der Waals surface area contributed by atoms with Crippen molar-refractivity contribution in [3.8, 4) is 0 Å². The van der Waals surface area contributed by atoms with Gasteiger partial charge in [0.05, 0.1) is 4.90 Å². The zero-order chi connectivity index (χ0) is 15.9. The van der Waals surface area contributed by atoms with Crippen molar-refractivity contribution in [2.24, 2.45) is 11.1 Å². The van der Waals surface area contributed by atoms with E-state index in [1.165, 1.54) is 0 Å². The van der Waals surface area contributed by atoms with E-state index >= 15 is 0 Å². The minimum atomic E-state index is -3.46. The van der Waals surface area contributed by atoms with Crippen molar-refractivity contribution in [3.05, 3.63) is 29.8 Å². The quantitative estimate of drug-likeness (QED) is 0.736. The first-order valence-electron chi connectivity index (χ1n) is 7.71. The van der Waals surface area contributed by atoms with E-state index in [0.717, 1.165) is 31.2 Å². The molecule has 0 spiro atoms. The van der Waals surface area contributed by atoms with Crippen molar-refractivity contribution in [1.82, 2.24) is 4.72 Å². The molecule has 0 aliphatic carbocycles. The fourth-order valence-electron chi connectivity index (χ4n) is 2.32. The Morgan fingerprint density at radius 3 is 2.10 bits per heavy atom. The molecule has 0 heterocycles. The Labute approximate surface area is 129 Å². The van der Waals surface area contributed by atoms with Gasteiger partial charge in [0.1, 0.15) is 0 Å². The molecule has 0 bridgehead atoms. The van der Waals surface area contributed by atoms with Gasteiger partial charge in [-0.1, -0.05) is 39.3 Å². The van der Waals surface area contributed by atoms with Gasteiger partial charge in [0, 0.05) is 6.54 Å². The fraction of sp³-hybridized carbons (Fsp3) is 0.625. The minimum absolute atomic E-state index is 0.158. The number of hydrogen-bond donors (Lipinski definition) is 2. The Bertz CT molecular complexity index is 511. The molecule has 0 saturated carbocycles. The summed E-state index contributed by atoms with van der Waals surface area (Å²) in [6, 6.07) is 7.12. The van der Waals surface area contributed by atoms with Crippen molar-refractivity contribution in [2.45, 2.75) is 51.3 Å². The smallest absolute Gasteiger partial charge is 0.240 e. The van der Waals surface area contributed by atoms with Crippen molar-refractivity contribution in [3.63, 3.8) is 0 Å². The van der Waals surface area contributed by atoms with Crippen molar-refractivity contribution >= 4 is 10.0 Å². The van der Waals surface area contributed by atoms with Crippen LogP contribution in [0.5, 0.6) is 0 Å². The Balaban J connectivity index is 2.81. The molecule has 0 unspecified atom stereocenters. The van der Waals surface area contributed by atoms with Gasteiger partial charge in [0.2, 0.25) is 10.0 Å². The minimum Gasteiger partial charge on any atom is -0.330 e. The van der Waals surface area contributed by atoms with Crippen LogP contribution in [0.3, 0.4) is 0 Å². The second-order valence-corrected chi connectivity index (χ2v) is 7.40. The molecular formula is C16H28N2O2S. The van der Waals surface area contributed by atoms with E-state index in [2.05, 4.69) is 11.6 Å². The molecule has 0 amide bonds. The topological polar surface area (TPSA) is 72.2 Å². The lowest BCUT2D eigenvalue weighted by Gasteiger charge is -2.30. The molecule has 0 aliphatic heterocycles. The van der Waals surface area contributed by atoms with Crippen LogP contribution in [0.15, 0.2) is 29.2 Å². The summed E-state index contributed by atoms with van der Waals surface area (Å²) >= 11 is 0. The standard InChI is InChI=1S/C16H28N2O2S/c1-4-7-14-8-10-15(11-9-14)21(19,20)18-13-16(5-2,6-3)12-17/h8-11,18H,4-7,12-13,17H2,1-3H3. The molecule has 0 aromatic heterocycles. The van der Waals surface area contributed by atoms with Gasteiger partial charge in [0.25, 0.3) is 0 Å². The molecule has 0 aliphatic rings. The van der Waals surface area contributed by atoms with E-state index in [-0.39, 0.29) is 5.41 Å². The van der Waals surface area contributed by atoms with E-state index in [0.29, 0.717) is 18.0 Å². The zero-order valence-corrected chi connectivity index (χ0v) is 14.2. The Morgan fingerprint density at radius 2 is 1.67 bits per heavy atom. The molecule has 1 rings (SSSR count). The Morgan fingerprint density at radius 1 is 1.10 bits per heavy atom. The summed E-state index contributed by atoms with van der Waals surface area (Å²) in [5.41, 5.74) is 6.82. The summed E-state index contributed by atoms with van der Waals surface area (Å²) in [5.74, 6) is 0. The SMILES string of the molecule is CCCc1ccc(S(=O)(=O)NCC(CC)(CC)CN)cc1. The predicted molar refractivity (Wildman–Crippen MR) is 87.7 cm³/mol. The van der Waals surface area contributed by atoms with Gasteiger partial charge < -0.3 is 5.73 Å². The van der Waals surface area contributed by atoms with Gasteiger partial charge in [-0.05, 0) is 48.9 Å². The van der Waals surface area contributed by atoms with E-state index in [9.17, 15) is 8.42 Å². The molecule has 4 nitrogen and oxygen atoms in total. The van der Waals surface area contributed by atoms with Crippen LogP contribution in [0.4, 0.5) is 0 Å². The average Bonchev–Trinajstić information content (AvgIpc) is 2.50. The number of rotatable bonds is 9. The number of hydrogen-bond acceptors (Lipinski definition) is 3. The first kappa shape index (κ1) is 18.1. The van der Waals surface area contributed by atoms with Crippen LogP contribution in [-0.4, -0.2) is 21.5 Å². The number of benzene rings is 1. The lowest BCUT2D eigenvalue weighted by molar-refractivity contribution is 0.275. The first-order valence-corrected chi connectivity index (χ1v) is 9.20. The molecule has 0 radical (unpaired) electrons. The van der Waals surface area contributed by atoms with Gasteiger partial charge in [-0.2, -0.15) is 0 Å². The lowest BCUT2D eigenvalue weighted by Crippen LogP contribution is -2.41. The molecule has 1 aromatic rings. The number of nitrogens with one attached hydrogen (secondary N) is 1. The van der Waals surface area contributed by atoms with Crippen molar-refractivity contribution in [1.29, 1.82) is 0 Å². The maximum Gasteiger partial charge on any atom is 0.240 e. The van der Waals surface area contributed by atoms with Gasteiger partial charge in [-0.15, -0.1) is 0 Å². The summed E-state index contributed by atoms with van der Waals surface area (Å²) in [4.78, 5) is 0.320. The largest absolute Gasteiger partial charge is 0.330 e. The third-order valence-electron chi connectivity index (χ3n) is 4.34. The monoisotopic (exact) mass is 312 g/mol. The van der Waals surface area contributed by atoms with Crippen LogP contribution in [0, 0.1) is 5.41 Å². The summed E-state index contributed by atoms with van der Waals surface area (Å²) in [6.45, 7) is 7.07. The lowest BCUT2D eigenvalue weighted by atomic mass is 9.83. The second kappa shape index (κ2) is 7.92. The molecule has 3 N–H and O–H groups in total. The number of nitrogens with two attached hydrogens (primary N) is 1. The third kappa shape index (κ3) is 4.80. The normalized spacial score (nSPS) is 12.6. The van der Waals surface area contributed by atoms with Crippen LogP contribution in [0.25, 0.3) is 0 Å². The predicted octanol–water partition coefficient (Wildman–Crippen LogP) is 2.68. The molecule has 120 valence electrons. The fourth-order valence-corrected chi connectivity index (χ4v) is 3.47. The van der Waals surface area contributed by atoms with Gasteiger partial charge in [0.15, 0.2) is 0 Å². The average molecular weight is 312 g/mol. The Kier molecular flexibility index (Phi) is 6.84. The highest BCUT2D eigenvalue weighted by Gasteiger charge is 2.27. The zero-order valence-electron chi connectivity index (χ0n) is 13.4. The van der Waals surface area contributed by atoms with Gasteiger partial charge in [-0.25, -0.2) is 13.1 Å². The highest BCUT2D eigenvalue weighted by atomic mass is 32.2. The van der Waals surface area contributed by atoms with Crippen molar-refractivity contribution in [2.75, 3.05) is 13.1 Å². The number of sulfonamides is 1. The Hall–Kier alpha value is -0.910. The van der Waals surface area contributed by atoms with Crippen LogP contribution >= 0.6 is 0 Å². The maximum atomic E-state index is 12.3. The van der Waals surface area contributed by atoms with Crippen LogP contribution in [0.1, 0.15) is 45.6 Å². The molecular weight excluding hydrogens is 284 g/mol. The molecule has 0 atom stereocenters. The highest BCUT2D eigenvalue weighted by Crippen LogP contribution is 2.24. The summed E-state index contributed by atoms with van der Waals surface area (Å²) < 4.78 is 27.4. The van der Waals surface area contributed by atoms with Crippen LogP contribution < -0.4 is 10.5 Å². The van der Waals surface area contributed by atoms with E-state index in [1.54, 1.807) is 12.1 Å². The second-order valence-electron chi connectivity index (χ2n) is 5.63. The molecule has 21 heavy (non-hydrogen) atoms. The highest BCUT2D eigenvalue weighted by molar-refractivity contribution is 7.89. The first-order chi connectivity index (χ1) is 9.93. The van der Waals surface area contributed by atoms with Crippen LogP contribution in [0.2, 0.25) is 0 Å².